The second-order valence-corrected chi connectivity index (χ2v) is 5.75. The normalized spacial score (nSPS) is 17.1. The molecule has 0 N–H and O–H groups in total. The predicted molar refractivity (Wildman–Crippen MR) is 82.6 cm³/mol. The molecule has 3 heteroatoms. The number of anilines is 1. The van der Waals surface area contributed by atoms with E-state index in [1.54, 1.807) is 0 Å². The zero-order chi connectivity index (χ0) is 14.3. The van der Waals surface area contributed by atoms with E-state index in [1.165, 1.54) is 5.56 Å². The molecule has 0 aromatic heterocycles. The van der Waals surface area contributed by atoms with Gasteiger partial charge in [-0.3, -0.25) is 4.79 Å². The van der Waals surface area contributed by atoms with Crippen molar-refractivity contribution in [2.24, 2.45) is 0 Å². The monoisotopic (exact) mass is 285 g/mol. The number of hydrogen-bond donors (Lipinski definition) is 0. The first-order valence-corrected chi connectivity index (χ1v) is 7.13. The van der Waals surface area contributed by atoms with Gasteiger partial charge in [-0.2, -0.15) is 0 Å². The summed E-state index contributed by atoms with van der Waals surface area (Å²) in [7, 11) is 0. The zero-order valence-electron chi connectivity index (χ0n) is 11.6. The first kappa shape index (κ1) is 13.2. The Morgan fingerprint density at radius 2 is 2.00 bits per heavy atom. The number of rotatable bonds is 1. The molecule has 0 saturated heterocycles. The molecule has 1 atom stereocenters. The van der Waals surface area contributed by atoms with Crippen LogP contribution in [0.2, 0.25) is 5.02 Å². The number of halogens is 1. The number of fused-ring (bicyclic) bond motifs is 1. The number of carbonyl (C=O) groups excluding carboxylic acids is 1. The van der Waals surface area contributed by atoms with Gasteiger partial charge in [-0.1, -0.05) is 35.9 Å². The quantitative estimate of drug-likeness (QED) is 0.767. The standard InChI is InChI=1S/C17H16ClNO/c1-11-7-8-14(15(18)9-11)17(20)19-12(2)10-13-5-3-4-6-16(13)19/h3-9,12H,10H2,1-2H3/t12-/m1/s1. The largest absolute Gasteiger partial charge is 0.305 e. The number of nitrogens with zero attached hydrogens (tertiary/aromatic N) is 1. The summed E-state index contributed by atoms with van der Waals surface area (Å²) in [5.41, 5.74) is 3.85. The SMILES string of the molecule is Cc1ccc(C(=O)N2c3ccccc3C[C@H]2C)c(Cl)c1. The zero-order valence-corrected chi connectivity index (χ0v) is 12.3. The molecule has 0 unspecified atom stereocenters. The fourth-order valence-electron chi connectivity index (χ4n) is 2.80. The summed E-state index contributed by atoms with van der Waals surface area (Å²) >= 11 is 6.23. The minimum absolute atomic E-state index is 0.0209. The van der Waals surface area contributed by atoms with E-state index in [9.17, 15) is 4.79 Å². The van der Waals surface area contributed by atoms with Crippen LogP contribution in [0.5, 0.6) is 0 Å². The summed E-state index contributed by atoms with van der Waals surface area (Å²) in [5, 5.41) is 0.520. The van der Waals surface area contributed by atoms with Crippen LogP contribution in [-0.4, -0.2) is 11.9 Å². The van der Waals surface area contributed by atoms with Gasteiger partial charge >= 0.3 is 0 Å². The summed E-state index contributed by atoms with van der Waals surface area (Å²) < 4.78 is 0. The van der Waals surface area contributed by atoms with Crippen molar-refractivity contribution in [2.45, 2.75) is 26.3 Å². The van der Waals surface area contributed by atoms with E-state index in [4.69, 9.17) is 11.6 Å². The molecule has 2 aromatic carbocycles. The first-order chi connectivity index (χ1) is 9.58. The van der Waals surface area contributed by atoms with Crippen LogP contribution in [-0.2, 0) is 6.42 Å². The van der Waals surface area contributed by atoms with E-state index in [1.807, 2.05) is 48.2 Å². The van der Waals surface area contributed by atoms with Crippen molar-refractivity contribution in [1.29, 1.82) is 0 Å². The molecule has 2 nitrogen and oxygen atoms in total. The van der Waals surface area contributed by atoms with Crippen LogP contribution in [0.3, 0.4) is 0 Å². The van der Waals surface area contributed by atoms with Gasteiger partial charge in [0.1, 0.15) is 0 Å². The number of benzene rings is 2. The van der Waals surface area contributed by atoms with E-state index >= 15 is 0 Å². The van der Waals surface area contributed by atoms with Gasteiger partial charge in [-0.05, 0) is 49.6 Å². The highest BCUT2D eigenvalue weighted by Crippen LogP contribution is 2.34. The lowest BCUT2D eigenvalue weighted by Gasteiger charge is -2.23. The highest BCUT2D eigenvalue weighted by Gasteiger charge is 2.31. The van der Waals surface area contributed by atoms with Crippen LogP contribution in [0.4, 0.5) is 5.69 Å². The fourth-order valence-corrected chi connectivity index (χ4v) is 3.11. The molecule has 0 radical (unpaired) electrons. The van der Waals surface area contributed by atoms with Gasteiger partial charge in [-0.25, -0.2) is 0 Å². The number of amides is 1. The van der Waals surface area contributed by atoms with Gasteiger partial charge in [0.2, 0.25) is 0 Å². The van der Waals surface area contributed by atoms with Crippen LogP contribution >= 0.6 is 11.6 Å². The first-order valence-electron chi connectivity index (χ1n) is 6.75. The third kappa shape index (κ3) is 2.10. The maximum atomic E-state index is 12.8. The summed E-state index contributed by atoms with van der Waals surface area (Å²) in [6.45, 7) is 4.04. The molecule has 20 heavy (non-hydrogen) atoms. The molecule has 1 aliphatic rings. The minimum Gasteiger partial charge on any atom is -0.305 e. The highest BCUT2D eigenvalue weighted by atomic mass is 35.5. The van der Waals surface area contributed by atoms with Gasteiger partial charge in [0.25, 0.3) is 5.91 Å². The second kappa shape index (κ2) is 4.95. The Morgan fingerprint density at radius 1 is 1.25 bits per heavy atom. The third-order valence-corrected chi connectivity index (χ3v) is 4.09. The maximum Gasteiger partial charge on any atom is 0.260 e. The van der Waals surface area contributed by atoms with Crippen LogP contribution in [0.1, 0.15) is 28.4 Å². The Hall–Kier alpha value is -1.80. The van der Waals surface area contributed by atoms with Crippen molar-refractivity contribution in [2.75, 3.05) is 4.90 Å². The van der Waals surface area contributed by atoms with Gasteiger partial charge in [0, 0.05) is 11.7 Å². The smallest absolute Gasteiger partial charge is 0.260 e. The lowest BCUT2D eigenvalue weighted by molar-refractivity contribution is 0.0981. The van der Waals surface area contributed by atoms with E-state index in [0.717, 1.165) is 17.7 Å². The van der Waals surface area contributed by atoms with E-state index in [2.05, 4.69) is 13.0 Å². The molecular weight excluding hydrogens is 270 g/mol. The van der Waals surface area contributed by atoms with E-state index in [0.29, 0.717) is 10.6 Å². The molecule has 2 aromatic rings. The third-order valence-electron chi connectivity index (χ3n) is 3.78. The van der Waals surface area contributed by atoms with E-state index in [-0.39, 0.29) is 11.9 Å². The summed E-state index contributed by atoms with van der Waals surface area (Å²) in [5.74, 6) is -0.0209. The average Bonchev–Trinajstić information content (AvgIpc) is 2.73. The molecule has 0 saturated carbocycles. The Bertz CT molecular complexity index is 680. The van der Waals surface area contributed by atoms with Crippen molar-refractivity contribution >= 4 is 23.2 Å². The molecule has 1 aliphatic heterocycles. The topological polar surface area (TPSA) is 20.3 Å². The molecule has 0 aliphatic carbocycles. The van der Waals surface area contributed by atoms with Crippen molar-refractivity contribution in [1.82, 2.24) is 0 Å². The average molecular weight is 286 g/mol. The molecule has 0 spiro atoms. The lowest BCUT2D eigenvalue weighted by Crippen LogP contribution is -2.35. The summed E-state index contributed by atoms with van der Waals surface area (Å²) in [6.07, 6.45) is 0.894. The van der Waals surface area contributed by atoms with Crippen molar-refractivity contribution in [3.8, 4) is 0 Å². The molecule has 0 fully saturated rings. The van der Waals surface area contributed by atoms with Crippen LogP contribution in [0.15, 0.2) is 42.5 Å². The molecule has 1 heterocycles. The molecule has 3 rings (SSSR count). The Kier molecular flexibility index (Phi) is 3.27. The molecular formula is C17H16ClNO. The second-order valence-electron chi connectivity index (χ2n) is 5.34. The lowest BCUT2D eigenvalue weighted by atomic mass is 10.1. The maximum absolute atomic E-state index is 12.8. The number of para-hydroxylation sites is 1. The van der Waals surface area contributed by atoms with Crippen molar-refractivity contribution in [3.63, 3.8) is 0 Å². The molecule has 102 valence electrons. The Balaban J connectivity index is 2.03. The Labute approximate surface area is 124 Å². The Morgan fingerprint density at radius 3 is 2.75 bits per heavy atom. The van der Waals surface area contributed by atoms with Crippen LogP contribution in [0, 0.1) is 6.92 Å². The van der Waals surface area contributed by atoms with Gasteiger partial charge < -0.3 is 4.90 Å². The highest BCUT2D eigenvalue weighted by molar-refractivity contribution is 6.34. The predicted octanol–water partition coefficient (Wildman–Crippen LogP) is 4.24. The fraction of sp³-hybridized carbons (Fsp3) is 0.235. The molecule has 1 amide bonds. The van der Waals surface area contributed by atoms with Crippen LogP contribution in [0.25, 0.3) is 0 Å². The van der Waals surface area contributed by atoms with Gasteiger partial charge in [0.15, 0.2) is 0 Å². The minimum atomic E-state index is -0.0209. The van der Waals surface area contributed by atoms with Crippen molar-refractivity contribution in [3.05, 3.63) is 64.2 Å². The summed E-state index contributed by atoms with van der Waals surface area (Å²) in [6, 6.07) is 13.8. The van der Waals surface area contributed by atoms with E-state index < -0.39 is 0 Å². The van der Waals surface area contributed by atoms with Gasteiger partial charge in [0.05, 0.1) is 10.6 Å². The van der Waals surface area contributed by atoms with Gasteiger partial charge in [-0.15, -0.1) is 0 Å². The number of aryl methyl sites for hydroxylation is 1. The van der Waals surface area contributed by atoms with Crippen molar-refractivity contribution < 1.29 is 4.79 Å². The number of carbonyl (C=O) groups is 1. The number of hydrogen-bond acceptors (Lipinski definition) is 1. The molecule has 0 bridgehead atoms. The summed E-state index contributed by atoms with van der Waals surface area (Å²) in [4.78, 5) is 14.6. The van der Waals surface area contributed by atoms with Crippen LogP contribution < -0.4 is 4.90 Å².